The van der Waals surface area contributed by atoms with Crippen molar-refractivity contribution in [2.45, 2.75) is 13.0 Å². The van der Waals surface area contributed by atoms with E-state index in [0.717, 1.165) is 30.9 Å². The number of nitrogens with one attached hydrogen (secondary N) is 1. The van der Waals surface area contributed by atoms with Crippen LogP contribution in [-0.2, 0) is 16.1 Å². The summed E-state index contributed by atoms with van der Waals surface area (Å²) >= 11 is 5.32. The molecule has 1 N–H and O–H groups in total. The smallest absolute Gasteiger partial charge is 0.320 e. The van der Waals surface area contributed by atoms with E-state index in [0.29, 0.717) is 6.61 Å². The van der Waals surface area contributed by atoms with Gasteiger partial charge in [0.05, 0.1) is 13.2 Å². The van der Waals surface area contributed by atoms with Crippen LogP contribution in [-0.4, -0.2) is 30.8 Å². The van der Waals surface area contributed by atoms with Crippen LogP contribution in [0.1, 0.15) is 17.5 Å². The number of amidine groups is 1. The number of hydrogen-bond acceptors (Lipinski definition) is 4. The molecular weight excluding hydrogens is 252 g/mol. The number of benzene rings is 1. The number of rotatable bonds is 5. The van der Waals surface area contributed by atoms with Crippen molar-refractivity contribution in [3.63, 3.8) is 0 Å². The summed E-state index contributed by atoms with van der Waals surface area (Å²) in [5.74, 6) is 0.461. The molecule has 0 aliphatic carbocycles. The molecule has 1 heterocycles. The van der Waals surface area contributed by atoms with E-state index < -0.39 is 0 Å². The standard InChI is InChI=1S/C13H15ClN2O2/c14-8-12(17)18-7-3-6-15-13-11-5-2-1-4-10(11)9-16-13/h1-2,4-5H,3,6-9H2,(H,15,16). The summed E-state index contributed by atoms with van der Waals surface area (Å²) in [5.41, 5.74) is 2.41. The molecule has 1 aliphatic heterocycles. The number of fused-ring (bicyclic) bond motifs is 1. The molecule has 0 atom stereocenters. The molecule has 0 amide bonds. The highest BCUT2D eigenvalue weighted by Crippen LogP contribution is 2.16. The maximum atomic E-state index is 10.8. The summed E-state index contributed by atoms with van der Waals surface area (Å²) in [6.07, 6.45) is 0.740. The van der Waals surface area contributed by atoms with Crippen molar-refractivity contribution < 1.29 is 9.53 Å². The Bertz CT molecular complexity index is 460. The van der Waals surface area contributed by atoms with Crippen LogP contribution in [0.25, 0.3) is 0 Å². The summed E-state index contributed by atoms with van der Waals surface area (Å²) in [5, 5.41) is 3.26. The van der Waals surface area contributed by atoms with Gasteiger partial charge in [0.1, 0.15) is 11.7 Å². The molecule has 0 radical (unpaired) electrons. The summed E-state index contributed by atoms with van der Waals surface area (Å²) in [6.45, 7) is 1.84. The Kier molecular flexibility index (Phi) is 4.59. The molecule has 0 fully saturated rings. The molecule has 5 heteroatoms. The normalized spacial score (nSPS) is 12.8. The number of carbonyl (C=O) groups is 1. The maximum Gasteiger partial charge on any atom is 0.320 e. The average Bonchev–Trinajstić information content (AvgIpc) is 2.81. The molecule has 1 aromatic carbocycles. The highest BCUT2D eigenvalue weighted by molar-refractivity contribution is 6.26. The van der Waals surface area contributed by atoms with Crippen LogP contribution in [0.5, 0.6) is 0 Å². The molecule has 0 spiro atoms. The van der Waals surface area contributed by atoms with Gasteiger partial charge < -0.3 is 10.1 Å². The fourth-order valence-electron chi connectivity index (χ4n) is 1.79. The number of nitrogens with zero attached hydrogens (tertiary/aromatic N) is 1. The van der Waals surface area contributed by atoms with Crippen molar-refractivity contribution in [2.75, 3.05) is 19.0 Å². The predicted octanol–water partition coefficient (Wildman–Crippen LogP) is 1.71. The zero-order valence-corrected chi connectivity index (χ0v) is 10.7. The number of halogens is 1. The Hall–Kier alpha value is -1.55. The van der Waals surface area contributed by atoms with Crippen LogP contribution in [0.2, 0.25) is 0 Å². The van der Waals surface area contributed by atoms with Gasteiger partial charge in [-0.25, -0.2) is 0 Å². The fourth-order valence-corrected chi connectivity index (χ4v) is 1.87. The van der Waals surface area contributed by atoms with E-state index in [4.69, 9.17) is 16.3 Å². The van der Waals surface area contributed by atoms with Crippen molar-refractivity contribution in [3.05, 3.63) is 35.4 Å². The molecule has 0 unspecified atom stereocenters. The van der Waals surface area contributed by atoms with Gasteiger partial charge in [-0.3, -0.25) is 9.79 Å². The second-order valence-electron chi connectivity index (χ2n) is 3.96. The van der Waals surface area contributed by atoms with Gasteiger partial charge in [-0.15, -0.1) is 11.6 Å². The minimum absolute atomic E-state index is 0.0898. The molecular formula is C13H15ClN2O2. The van der Waals surface area contributed by atoms with E-state index in [-0.39, 0.29) is 11.8 Å². The van der Waals surface area contributed by atoms with E-state index in [2.05, 4.69) is 22.4 Å². The number of ether oxygens (including phenoxy) is 1. The summed E-state index contributed by atoms with van der Waals surface area (Å²) < 4.78 is 4.87. The molecule has 1 aromatic rings. The van der Waals surface area contributed by atoms with E-state index in [1.807, 2.05) is 12.1 Å². The van der Waals surface area contributed by atoms with Gasteiger partial charge in [-0.05, 0) is 12.0 Å². The number of alkyl halides is 1. The van der Waals surface area contributed by atoms with E-state index in [1.165, 1.54) is 5.56 Å². The lowest BCUT2D eigenvalue weighted by Gasteiger charge is -2.07. The van der Waals surface area contributed by atoms with Crippen molar-refractivity contribution in [1.29, 1.82) is 0 Å². The predicted molar refractivity (Wildman–Crippen MR) is 71.0 cm³/mol. The van der Waals surface area contributed by atoms with Crippen molar-refractivity contribution in [1.82, 2.24) is 5.32 Å². The summed E-state index contributed by atoms with van der Waals surface area (Å²) in [6, 6.07) is 8.16. The van der Waals surface area contributed by atoms with Crippen LogP contribution in [0.4, 0.5) is 0 Å². The van der Waals surface area contributed by atoms with Crippen LogP contribution < -0.4 is 5.32 Å². The Morgan fingerprint density at radius 2 is 2.28 bits per heavy atom. The third-order valence-electron chi connectivity index (χ3n) is 2.67. The SMILES string of the molecule is O=C(CCl)OCCCNC1=NCc2ccccc21. The van der Waals surface area contributed by atoms with Crippen LogP contribution in [0.15, 0.2) is 29.3 Å². The van der Waals surface area contributed by atoms with Gasteiger partial charge in [0.15, 0.2) is 0 Å². The second kappa shape index (κ2) is 6.40. The highest BCUT2D eigenvalue weighted by atomic mass is 35.5. The molecule has 0 saturated carbocycles. The number of hydrogen-bond donors (Lipinski definition) is 1. The lowest BCUT2D eigenvalue weighted by atomic mass is 10.1. The van der Waals surface area contributed by atoms with Gasteiger partial charge in [0, 0.05) is 12.1 Å². The van der Waals surface area contributed by atoms with Gasteiger partial charge in [-0.1, -0.05) is 24.3 Å². The minimum atomic E-state index is -0.375. The zero-order valence-electron chi connectivity index (χ0n) is 9.99. The lowest BCUT2D eigenvalue weighted by Crippen LogP contribution is -2.25. The molecule has 2 rings (SSSR count). The first-order valence-corrected chi connectivity index (χ1v) is 6.43. The molecule has 18 heavy (non-hydrogen) atoms. The van der Waals surface area contributed by atoms with E-state index in [1.54, 1.807) is 0 Å². The first-order valence-electron chi connectivity index (χ1n) is 5.89. The first-order chi connectivity index (χ1) is 8.81. The van der Waals surface area contributed by atoms with Crippen LogP contribution in [0.3, 0.4) is 0 Å². The van der Waals surface area contributed by atoms with Gasteiger partial charge in [0.25, 0.3) is 0 Å². The molecule has 0 bridgehead atoms. The highest BCUT2D eigenvalue weighted by Gasteiger charge is 2.13. The molecule has 0 saturated heterocycles. The largest absolute Gasteiger partial charge is 0.465 e. The third kappa shape index (κ3) is 3.23. The van der Waals surface area contributed by atoms with Gasteiger partial charge in [-0.2, -0.15) is 0 Å². The van der Waals surface area contributed by atoms with Gasteiger partial charge >= 0.3 is 5.97 Å². The Labute approximate surface area is 111 Å². The van der Waals surface area contributed by atoms with Crippen molar-refractivity contribution in [2.24, 2.45) is 4.99 Å². The minimum Gasteiger partial charge on any atom is -0.465 e. The monoisotopic (exact) mass is 266 g/mol. The number of carbonyl (C=O) groups excluding carboxylic acids is 1. The second-order valence-corrected chi connectivity index (χ2v) is 4.22. The van der Waals surface area contributed by atoms with Crippen molar-refractivity contribution in [3.8, 4) is 0 Å². The number of esters is 1. The fraction of sp³-hybridized carbons (Fsp3) is 0.385. The molecule has 1 aliphatic rings. The Morgan fingerprint density at radius 1 is 1.44 bits per heavy atom. The van der Waals surface area contributed by atoms with Gasteiger partial charge in [0.2, 0.25) is 0 Å². The topological polar surface area (TPSA) is 50.7 Å². The van der Waals surface area contributed by atoms with E-state index >= 15 is 0 Å². The maximum absolute atomic E-state index is 10.8. The zero-order chi connectivity index (χ0) is 12.8. The molecule has 0 aromatic heterocycles. The summed E-state index contributed by atoms with van der Waals surface area (Å²) in [4.78, 5) is 15.2. The first kappa shape index (κ1) is 12.9. The third-order valence-corrected chi connectivity index (χ3v) is 2.88. The lowest BCUT2D eigenvalue weighted by molar-refractivity contribution is -0.140. The molecule has 96 valence electrons. The van der Waals surface area contributed by atoms with E-state index in [9.17, 15) is 4.79 Å². The summed E-state index contributed by atoms with van der Waals surface area (Å²) in [7, 11) is 0. The Morgan fingerprint density at radius 3 is 3.11 bits per heavy atom. The van der Waals surface area contributed by atoms with Crippen LogP contribution >= 0.6 is 11.6 Å². The quantitative estimate of drug-likeness (QED) is 0.501. The Balaban J connectivity index is 1.71. The van der Waals surface area contributed by atoms with Crippen molar-refractivity contribution >= 4 is 23.4 Å². The molecule has 4 nitrogen and oxygen atoms in total. The number of aliphatic imine (C=N–C) groups is 1. The average molecular weight is 267 g/mol. The van der Waals surface area contributed by atoms with Crippen LogP contribution in [0, 0.1) is 0 Å².